The lowest BCUT2D eigenvalue weighted by Crippen LogP contribution is -1.90. The average molecular weight is 365 g/mol. The Morgan fingerprint density at radius 3 is 2.18 bits per heavy atom. The fraction of sp³-hybridized carbons (Fsp3) is 0.0800. The van der Waals surface area contributed by atoms with Crippen molar-refractivity contribution in [2.24, 2.45) is 0 Å². The van der Waals surface area contributed by atoms with E-state index in [1.165, 1.54) is 0 Å². The number of nitrogens with zero attached hydrogens (tertiary/aromatic N) is 1. The van der Waals surface area contributed by atoms with E-state index in [0.29, 0.717) is 34.6 Å². The topological polar surface area (TPSA) is 57.2 Å². The number of hydrogen-bond acceptors (Lipinski definition) is 3. The van der Waals surface area contributed by atoms with Crippen molar-refractivity contribution in [1.82, 2.24) is 0 Å². The molecule has 136 valence electrons. The van der Waals surface area contributed by atoms with E-state index in [2.05, 4.69) is 6.07 Å². The summed E-state index contributed by atoms with van der Waals surface area (Å²) in [5.74, 6) is 1.35. The van der Waals surface area contributed by atoms with Gasteiger partial charge in [0.2, 0.25) is 0 Å². The van der Waals surface area contributed by atoms with Gasteiger partial charge in [0.1, 0.15) is 23.1 Å². The van der Waals surface area contributed by atoms with Crippen molar-refractivity contribution in [3.63, 3.8) is 0 Å². The molecule has 0 unspecified atom stereocenters. The Morgan fingerprint density at radius 1 is 0.857 bits per heavy atom. The highest BCUT2D eigenvalue weighted by atomic mass is 16.3. The number of rotatable bonds is 4. The monoisotopic (exact) mass is 365 g/mol. The molecule has 3 heteroatoms. The zero-order valence-corrected chi connectivity index (χ0v) is 15.5. The lowest BCUT2D eigenvalue weighted by atomic mass is 9.95. The maximum atomic E-state index is 10.5. The normalized spacial score (nSPS) is 10.6. The molecule has 0 spiro atoms. The quantitative estimate of drug-likeness (QED) is 0.476. The van der Waals surface area contributed by atoms with E-state index in [4.69, 9.17) is 4.42 Å². The Morgan fingerprint density at radius 2 is 1.50 bits per heavy atom. The summed E-state index contributed by atoms with van der Waals surface area (Å²) >= 11 is 0. The van der Waals surface area contributed by atoms with Crippen molar-refractivity contribution < 1.29 is 9.52 Å². The maximum Gasteiger partial charge on any atom is 0.152 e. The van der Waals surface area contributed by atoms with Crippen LogP contribution in [0, 0.1) is 18.3 Å². The molecule has 0 radical (unpaired) electrons. The molecule has 0 aliphatic rings. The van der Waals surface area contributed by atoms with Gasteiger partial charge in [0, 0.05) is 23.1 Å². The van der Waals surface area contributed by atoms with Crippen LogP contribution >= 0.6 is 0 Å². The summed E-state index contributed by atoms with van der Waals surface area (Å²) in [5.41, 5.74) is 4.70. The SMILES string of the molecule is Cc1ccccc1-c1oc(Cc2ccccc2)c(-c2ccccc2O)c1C#N. The number of nitriles is 1. The smallest absolute Gasteiger partial charge is 0.152 e. The largest absolute Gasteiger partial charge is 0.507 e. The predicted molar refractivity (Wildman–Crippen MR) is 110 cm³/mol. The number of phenolic OH excluding ortho intramolecular Hbond substituents is 1. The highest BCUT2D eigenvalue weighted by molar-refractivity contribution is 5.84. The molecule has 0 fully saturated rings. The van der Waals surface area contributed by atoms with E-state index < -0.39 is 0 Å². The van der Waals surface area contributed by atoms with Gasteiger partial charge in [-0.15, -0.1) is 0 Å². The Balaban J connectivity index is 1.98. The van der Waals surface area contributed by atoms with Crippen LogP contribution < -0.4 is 0 Å². The molecule has 3 nitrogen and oxygen atoms in total. The minimum absolute atomic E-state index is 0.130. The van der Waals surface area contributed by atoms with Crippen LogP contribution in [0.5, 0.6) is 5.75 Å². The molecule has 1 N–H and O–H groups in total. The molecule has 0 aliphatic carbocycles. The number of benzene rings is 3. The molecule has 0 saturated heterocycles. The van der Waals surface area contributed by atoms with Crippen molar-refractivity contribution in [3.05, 3.63) is 101 Å². The predicted octanol–water partition coefficient (Wildman–Crippen LogP) is 6.09. The number of aromatic hydroxyl groups is 1. The number of para-hydroxylation sites is 1. The Bertz CT molecular complexity index is 1170. The summed E-state index contributed by atoms with van der Waals surface area (Å²) in [5, 5.41) is 20.4. The second-order valence-corrected chi connectivity index (χ2v) is 6.71. The first-order valence-corrected chi connectivity index (χ1v) is 9.13. The zero-order chi connectivity index (χ0) is 19.5. The van der Waals surface area contributed by atoms with Gasteiger partial charge >= 0.3 is 0 Å². The van der Waals surface area contributed by atoms with Gasteiger partial charge < -0.3 is 9.52 Å². The van der Waals surface area contributed by atoms with Crippen LogP contribution in [0.2, 0.25) is 0 Å². The molecular weight excluding hydrogens is 346 g/mol. The molecule has 4 rings (SSSR count). The second-order valence-electron chi connectivity index (χ2n) is 6.71. The van der Waals surface area contributed by atoms with E-state index in [-0.39, 0.29) is 5.75 Å². The molecule has 4 aromatic rings. The van der Waals surface area contributed by atoms with Crippen LogP contribution in [0.1, 0.15) is 22.5 Å². The van der Waals surface area contributed by atoms with Crippen LogP contribution in [-0.2, 0) is 6.42 Å². The fourth-order valence-electron chi connectivity index (χ4n) is 3.48. The summed E-state index contributed by atoms with van der Waals surface area (Å²) in [7, 11) is 0. The second kappa shape index (κ2) is 7.46. The number of hydrogen-bond donors (Lipinski definition) is 1. The van der Waals surface area contributed by atoms with Crippen molar-refractivity contribution in [2.45, 2.75) is 13.3 Å². The van der Waals surface area contributed by atoms with E-state index in [0.717, 1.165) is 16.7 Å². The highest BCUT2D eigenvalue weighted by Gasteiger charge is 2.25. The van der Waals surface area contributed by atoms with Gasteiger partial charge in [0.05, 0.1) is 0 Å². The van der Waals surface area contributed by atoms with Gasteiger partial charge in [-0.05, 0) is 24.1 Å². The number of aryl methyl sites for hydroxylation is 1. The van der Waals surface area contributed by atoms with Gasteiger partial charge in [-0.1, -0.05) is 72.8 Å². The van der Waals surface area contributed by atoms with Gasteiger partial charge in [-0.25, -0.2) is 0 Å². The molecular formula is C25H19NO2. The van der Waals surface area contributed by atoms with Gasteiger partial charge in [-0.2, -0.15) is 5.26 Å². The first-order chi connectivity index (χ1) is 13.7. The molecule has 0 saturated carbocycles. The van der Waals surface area contributed by atoms with Crippen LogP contribution in [0.25, 0.3) is 22.5 Å². The molecule has 1 heterocycles. The zero-order valence-electron chi connectivity index (χ0n) is 15.5. The van der Waals surface area contributed by atoms with Crippen molar-refractivity contribution >= 4 is 0 Å². The van der Waals surface area contributed by atoms with Crippen LogP contribution in [0.4, 0.5) is 0 Å². The Hall–Kier alpha value is -3.77. The van der Waals surface area contributed by atoms with Crippen molar-refractivity contribution in [1.29, 1.82) is 5.26 Å². The summed E-state index contributed by atoms with van der Waals surface area (Å²) in [4.78, 5) is 0. The fourth-order valence-corrected chi connectivity index (χ4v) is 3.48. The summed E-state index contributed by atoms with van der Waals surface area (Å²) in [6.07, 6.45) is 0.533. The number of furan rings is 1. The molecule has 0 bridgehead atoms. The van der Waals surface area contributed by atoms with Gasteiger partial charge in [-0.3, -0.25) is 0 Å². The van der Waals surface area contributed by atoms with Gasteiger partial charge in [0.25, 0.3) is 0 Å². The minimum atomic E-state index is 0.130. The molecule has 0 atom stereocenters. The highest BCUT2D eigenvalue weighted by Crippen LogP contribution is 2.42. The van der Waals surface area contributed by atoms with E-state index >= 15 is 0 Å². The van der Waals surface area contributed by atoms with E-state index in [1.54, 1.807) is 12.1 Å². The summed E-state index contributed by atoms with van der Waals surface area (Å²) in [6, 6.07) is 27.2. The lowest BCUT2D eigenvalue weighted by Gasteiger charge is -2.06. The van der Waals surface area contributed by atoms with Crippen molar-refractivity contribution in [2.75, 3.05) is 0 Å². The minimum Gasteiger partial charge on any atom is -0.507 e. The summed E-state index contributed by atoms with van der Waals surface area (Å²) < 4.78 is 6.28. The van der Waals surface area contributed by atoms with Crippen LogP contribution in [0.15, 0.2) is 83.3 Å². The Labute approximate surface area is 164 Å². The third kappa shape index (κ3) is 3.17. The van der Waals surface area contributed by atoms with Crippen LogP contribution in [-0.4, -0.2) is 5.11 Å². The first kappa shape index (κ1) is 17.6. The molecule has 3 aromatic carbocycles. The van der Waals surface area contributed by atoms with Crippen molar-refractivity contribution in [3.8, 4) is 34.3 Å². The van der Waals surface area contributed by atoms with Crippen LogP contribution in [0.3, 0.4) is 0 Å². The third-order valence-corrected chi connectivity index (χ3v) is 4.86. The molecule has 0 aliphatic heterocycles. The van der Waals surface area contributed by atoms with E-state index in [9.17, 15) is 10.4 Å². The third-order valence-electron chi connectivity index (χ3n) is 4.86. The lowest BCUT2D eigenvalue weighted by molar-refractivity contribution is 0.476. The molecule has 0 amide bonds. The average Bonchev–Trinajstić information content (AvgIpc) is 3.07. The van der Waals surface area contributed by atoms with Gasteiger partial charge in [0.15, 0.2) is 5.76 Å². The summed E-state index contributed by atoms with van der Waals surface area (Å²) in [6.45, 7) is 2.00. The Kier molecular flexibility index (Phi) is 4.70. The first-order valence-electron chi connectivity index (χ1n) is 9.13. The standard InChI is InChI=1S/C25H19NO2/c1-17-9-5-6-12-19(17)25-21(16-26)24(20-13-7-8-14-22(20)27)23(28-25)15-18-10-3-2-4-11-18/h2-14,27H,15H2,1H3. The van der Waals surface area contributed by atoms with E-state index in [1.807, 2.05) is 73.7 Å². The maximum absolute atomic E-state index is 10.5. The molecule has 1 aromatic heterocycles. The number of phenols is 1. The molecule has 28 heavy (non-hydrogen) atoms.